The van der Waals surface area contributed by atoms with Crippen LogP contribution in [0.4, 0.5) is 0 Å². The quantitative estimate of drug-likeness (QED) is 0.788. The normalized spacial score (nSPS) is 11.1. The molecular formula is C13H16N2O5S. The van der Waals surface area contributed by atoms with Gasteiger partial charge < -0.3 is 9.84 Å². The van der Waals surface area contributed by atoms with E-state index in [1.165, 1.54) is 6.07 Å². The van der Waals surface area contributed by atoms with E-state index < -0.39 is 16.0 Å². The summed E-state index contributed by atoms with van der Waals surface area (Å²) >= 11 is 0. The molecule has 0 fully saturated rings. The van der Waals surface area contributed by atoms with E-state index in [0.29, 0.717) is 0 Å². The number of rotatable bonds is 6. The fraction of sp³-hybridized carbons (Fsp3) is 0.385. The molecule has 1 rings (SSSR count). The van der Waals surface area contributed by atoms with Crippen LogP contribution in [0.25, 0.3) is 0 Å². The molecule has 114 valence electrons. The molecule has 0 aromatic heterocycles. The molecule has 0 aliphatic carbocycles. The summed E-state index contributed by atoms with van der Waals surface area (Å²) in [5, 5.41) is 18.2. The number of benzene rings is 1. The smallest absolute Gasteiger partial charge is 0.341 e. The first-order chi connectivity index (χ1) is 9.88. The summed E-state index contributed by atoms with van der Waals surface area (Å²) < 4.78 is 30.5. The van der Waals surface area contributed by atoms with Gasteiger partial charge in [0, 0.05) is 19.5 Å². The molecule has 0 radical (unpaired) electrons. The van der Waals surface area contributed by atoms with Crippen molar-refractivity contribution in [2.75, 3.05) is 20.2 Å². The number of ether oxygens (including phenoxy) is 1. The van der Waals surface area contributed by atoms with Gasteiger partial charge in [0.2, 0.25) is 10.0 Å². The Morgan fingerprint density at radius 1 is 1.48 bits per heavy atom. The van der Waals surface area contributed by atoms with Crippen LogP contribution in [0, 0.1) is 11.3 Å². The van der Waals surface area contributed by atoms with Gasteiger partial charge in [-0.15, -0.1) is 0 Å². The molecule has 0 heterocycles. The fourth-order valence-corrected chi connectivity index (χ4v) is 3.20. The van der Waals surface area contributed by atoms with Gasteiger partial charge in [-0.25, -0.2) is 13.2 Å². The zero-order chi connectivity index (χ0) is 16.0. The standard InChI is InChI=1S/C13H16N2O5S/c1-3-15(8-4-7-14)21(18,19)10-5-6-12(16)11(9-10)13(17)20-2/h5-6,9,16H,3-4,8H2,1-2H3. The second-order valence-corrected chi connectivity index (χ2v) is 6.01. The Balaban J connectivity index is 3.25. The predicted octanol–water partition coefficient (Wildman–Crippen LogP) is 1.10. The summed E-state index contributed by atoms with van der Waals surface area (Å²) in [6, 6.07) is 5.27. The minimum Gasteiger partial charge on any atom is -0.507 e. The third kappa shape index (κ3) is 3.71. The molecule has 21 heavy (non-hydrogen) atoms. The van der Waals surface area contributed by atoms with E-state index in [9.17, 15) is 18.3 Å². The highest BCUT2D eigenvalue weighted by Crippen LogP contribution is 2.24. The highest BCUT2D eigenvalue weighted by molar-refractivity contribution is 7.89. The van der Waals surface area contributed by atoms with Crippen LogP contribution in [0.1, 0.15) is 23.7 Å². The number of aromatic hydroxyl groups is 1. The van der Waals surface area contributed by atoms with Crippen LogP contribution in [0.15, 0.2) is 23.1 Å². The molecule has 0 amide bonds. The van der Waals surface area contributed by atoms with Gasteiger partial charge in [-0.3, -0.25) is 0 Å². The topological polar surface area (TPSA) is 108 Å². The molecule has 0 bridgehead atoms. The Morgan fingerprint density at radius 3 is 2.67 bits per heavy atom. The highest BCUT2D eigenvalue weighted by Gasteiger charge is 2.25. The van der Waals surface area contributed by atoms with Crippen LogP contribution < -0.4 is 0 Å². The number of nitrogens with zero attached hydrogens (tertiary/aromatic N) is 2. The third-order valence-electron chi connectivity index (χ3n) is 2.84. The van der Waals surface area contributed by atoms with Crippen LogP contribution in [0.5, 0.6) is 5.75 Å². The number of esters is 1. The number of hydrogen-bond donors (Lipinski definition) is 1. The first-order valence-electron chi connectivity index (χ1n) is 6.16. The number of phenols is 1. The summed E-state index contributed by atoms with van der Waals surface area (Å²) in [6.45, 7) is 1.90. The number of carbonyl (C=O) groups is 1. The summed E-state index contributed by atoms with van der Waals surface area (Å²) in [7, 11) is -2.71. The maximum atomic E-state index is 12.4. The molecule has 0 aliphatic rings. The van der Waals surface area contributed by atoms with Crippen molar-refractivity contribution in [3.8, 4) is 11.8 Å². The summed E-state index contributed by atoms with van der Waals surface area (Å²) in [6.07, 6.45) is 0.0645. The molecule has 0 atom stereocenters. The number of carbonyl (C=O) groups excluding carboxylic acids is 1. The molecule has 1 aromatic rings. The van der Waals surface area contributed by atoms with Gasteiger partial charge in [0.1, 0.15) is 11.3 Å². The largest absolute Gasteiger partial charge is 0.507 e. The summed E-state index contributed by atoms with van der Waals surface area (Å²) in [5.74, 6) is -1.19. The van der Waals surface area contributed by atoms with Crippen molar-refractivity contribution < 1.29 is 23.1 Å². The molecule has 0 unspecified atom stereocenters. The van der Waals surface area contributed by atoms with E-state index in [4.69, 9.17) is 5.26 Å². The summed E-state index contributed by atoms with van der Waals surface area (Å²) in [5.41, 5.74) is -0.227. The predicted molar refractivity (Wildman–Crippen MR) is 74.1 cm³/mol. The molecule has 8 heteroatoms. The van der Waals surface area contributed by atoms with Gasteiger partial charge >= 0.3 is 5.97 Å². The Morgan fingerprint density at radius 2 is 2.14 bits per heavy atom. The Kier molecular flexibility index (Phi) is 5.69. The average molecular weight is 312 g/mol. The average Bonchev–Trinajstić information content (AvgIpc) is 2.47. The van der Waals surface area contributed by atoms with Crippen LogP contribution in [-0.2, 0) is 14.8 Å². The van der Waals surface area contributed by atoms with Gasteiger partial charge in [-0.2, -0.15) is 9.57 Å². The van der Waals surface area contributed by atoms with E-state index in [1.54, 1.807) is 6.92 Å². The van der Waals surface area contributed by atoms with Crippen LogP contribution in [0.3, 0.4) is 0 Å². The second kappa shape index (κ2) is 7.06. The van der Waals surface area contributed by atoms with Gasteiger partial charge in [0.05, 0.1) is 18.1 Å². The van der Waals surface area contributed by atoms with Gasteiger partial charge in [0.15, 0.2) is 0 Å². The zero-order valence-electron chi connectivity index (χ0n) is 11.7. The molecule has 0 aliphatic heterocycles. The van der Waals surface area contributed by atoms with Crippen molar-refractivity contribution in [3.63, 3.8) is 0 Å². The Labute approximate surface area is 123 Å². The van der Waals surface area contributed by atoms with E-state index >= 15 is 0 Å². The van der Waals surface area contributed by atoms with E-state index in [0.717, 1.165) is 23.5 Å². The van der Waals surface area contributed by atoms with Gasteiger partial charge in [0.25, 0.3) is 0 Å². The van der Waals surface area contributed by atoms with Crippen molar-refractivity contribution in [1.82, 2.24) is 4.31 Å². The lowest BCUT2D eigenvalue weighted by molar-refractivity contribution is 0.0597. The van der Waals surface area contributed by atoms with E-state index in [1.807, 2.05) is 6.07 Å². The van der Waals surface area contributed by atoms with Crippen LogP contribution >= 0.6 is 0 Å². The fourth-order valence-electron chi connectivity index (χ4n) is 1.72. The minimum absolute atomic E-state index is 0.0593. The first kappa shape index (κ1) is 16.9. The van der Waals surface area contributed by atoms with Crippen molar-refractivity contribution in [2.45, 2.75) is 18.2 Å². The minimum atomic E-state index is -3.84. The lowest BCUT2D eigenvalue weighted by atomic mass is 10.2. The van der Waals surface area contributed by atoms with Crippen LogP contribution in [-0.4, -0.2) is 44.0 Å². The van der Waals surface area contributed by atoms with E-state index in [2.05, 4.69) is 4.74 Å². The molecule has 1 N–H and O–H groups in total. The molecular weight excluding hydrogens is 296 g/mol. The Hall–Kier alpha value is -2.11. The Bertz CT molecular complexity index is 664. The molecule has 0 saturated heterocycles. The second-order valence-electron chi connectivity index (χ2n) is 4.08. The van der Waals surface area contributed by atoms with Gasteiger partial charge in [-0.1, -0.05) is 6.92 Å². The SMILES string of the molecule is CCN(CCC#N)S(=O)(=O)c1ccc(O)c(C(=O)OC)c1. The molecule has 1 aromatic carbocycles. The summed E-state index contributed by atoms with van der Waals surface area (Å²) in [4.78, 5) is 11.4. The number of methoxy groups -OCH3 is 1. The number of hydrogen-bond acceptors (Lipinski definition) is 6. The van der Waals surface area contributed by atoms with Crippen molar-refractivity contribution in [2.24, 2.45) is 0 Å². The molecule has 0 spiro atoms. The number of sulfonamides is 1. The number of phenolic OH excluding ortho intramolecular Hbond substituents is 1. The van der Waals surface area contributed by atoms with Crippen LogP contribution in [0.2, 0.25) is 0 Å². The van der Waals surface area contributed by atoms with Crippen molar-refractivity contribution in [3.05, 3.63) is 23.8 Å². The first-order valence-corrected chi connectivity index (χ1v) is 7.60. The number of nitriles is 1. The highest BCUT2D eigenvalue weighted by atomic mass is 32.2. The maximum Gasteiger partial charge on any atom is 0.341 e. The maximum absolute atomic E-state index is 12.4. The molecule has 0 saturated carbocycles. The lowest BCUT2D eigenvalue weighted by Crippen LogP contribution is -2.31. The molecule has 7 nitrogen and oxygen atoms in total. The zero-order valence-corrected chi connectivity index (χ0v) is 12.6. The lowest BCUT2D eigenvalue weighted by Gasteiger charge is -2.19. The monoisotopic (exact) mass is 312 g/mol. The van der Waals surface area contributed by atoms with Crippen molar-refractivity contribution in [1.29, 1.82) is 5.26 Å². The van der Waals surface area contributed by atoms with Gasteiger partial charge in [-0.05, 0) is 18.2 Å². The van der Waals surface area contributed by atoms with E-state index in [-0.39, 0.29) is 35.7 Å². The third-order valence-corrected chi connectivity index (χ3v) is 4.81. The van der Waals surface area contributed by atoms with Crippen molar-refractivity contribution >= 4 is 16.0 Å².